The van der Waals surface area contributed by atoms with E-state index in [4.69, 9.17) is 27.9 Å². The van der Waals surface area contributed by atoms with Gasteiger partial charge in [-0.25, -0.2) is 4.39 Å². The van der Waals surface area contributed by atoms with Crippen LogP contribution in [0, 0.1) is 5.82 Å². The summed E-state index contributed by atoms with van der Waals surface area (Å²) in [6.07, 6.45) is 0.490. The summed E-state index contributed by atoms with van der Waals surface area (Å²) in [5.41, 5.74) is 0.566. The van der Waals surface area contributed by atoms with E-state index < -0.39 is 0 Å². The van der Waals surface area contributed by atoms with Gasteiger partial charge >= 0.3 is 0 Å². The molecule has 2 aromatic rings. The molecule has 0 aliphatic heterocycles. The van der Waals surface area contributed by atoms with Crippen molar-refractivity contribution in [1.29, 1.82) is 0 Å². The maximum atomic E-state index is 13.9. The van der Waals surface area contributed by atoms with Crippen LogP contribution in [0.25, 0.3) is 0 Å². The number of nitrogens with one attached hydrogen (secondary N) is 1. The summed E-state index contributed by atoms with van der Waals surface area (Å²) in [6, 6.07) is 12.2. The van der Waals surface area contributed by atoms with E-state index in [0.717, 1.165) is 0 Å². The first kappa shape index (κ1) is 16.1. The van der Waals surface area contributed by atoms with Crippen molar-refractivity contribution in [2.45, 2.75) is 12.5 Å². The third-order valence-corrected chi connectivity index (χ3v) is 3.68. The SMILES string of the molecule is CNC(COc1cccc(Cl)c1)Cc1cccc(Cl)c1F. The monoisotopic (exact) mass is 327 g/mol. The summed E-state index contributed by atoms with van der Waals surface area (Å²) < 4.78 is 19.6. The van der Waals surface area contributed by atoms with Crippen LogP contribution in [0.5, 0.6) is 5.75 Å². The normalized spacial score (nSPS) is 12.2. The zero-order valence-corrected chi connectivity index (χ0v) is 13.1. The van der Waals surface area contributed by atoms with Gasteiger partial charge in [0.2, 0.25) is 0 Å². The molecule has 0 saturated heterocycles. The molecule has 112 valence electrons. The third-order valence-electron chi connectivity index (χ3n) is 3.15. The van der Waals surface area contributed by atoms with E-state index in [2.05, 4.69) is 5.32 Å². The van der Waals surface area contributed by atoms with Crippen LogP contribution >= 0.6 is 23.2 Å². The molecule has 2 aromatic carbocycles. The average molecular weight is 328 g/mol. The minimum Gasteiger partial charge on any atom is -0.492 e. The molecule has 0 bridgehead atoms. The summed E-state index contributed by atoms with van der Waals surface area (Å²) in [5, 5.41) is 3.87. The Kier molecular flexibility index (Phi) is 5.85. The highest BCUT2D eigenvalue weighted by molar-refractivity contribution is 6.31. The first-order valence-electron chi connectivity index (χ1n) is 6.58. The minimum atomic E-state index is -0.373. The predicted octanol–water partition coefficient (Wildman–Crippen LogP) is 4.34. The first-order chi connectivity index (χ1) is 10.1. The van der Waals surface area contributed by atoms with Gasteiger partial charge in [-0.1, -0.05) is 41.4 Å². The highest BCUT2D eigenvalue weighted by Crippen LogP contribution is 2.20. The number of ether oxygens (including phenoxy) is 1. The summed E-state index contributed by atoms with van der Waals surface area (Å²) >= 11 is 11.7. The van der Waals surface area contributed by atoms with E-state index in [-0.39, 0.29) is 16.9 Å². The van der Waals surface area contributed by atoms with E-state index in [9.17, 15) is 4.39 Å². The van der Waals surface area contributed by atoms with Gasteiger partial charge in [-0.05, 0) is 43.3 Å². The molecule has 5 heteroatoms. The van der Waals surface area contributed by atoms with Crippen LogP contribution < -0.4 is 10.1 Å². The molecule has 0 amide bonds. The average Bonchev–Trinajstić information content (AvgIpc) is 2.48. The maximum Gasteiger partial charge on any atom is 0.145 e. The number of hydrogen-bond acceptors (Lipinski definition) is 2. The standard InChI is InChI=1S/C16H16Cl2FNO/c1-20-13(8-11-4-2-7-15(18)16(11)19)10-21-14-6-3-5-12(17)9-14/h2-7,9,13,20H,8,10H2,1H3. The van der Waals surface area contributed by atoms with Crippen molar-refractivity contribution in [2.24, 2.45) is 0 Å². The summed E-state index contributed by atoms with van der Waals surface area (Å²) in [4.78, 5) is 0. The zero-order valence-electron chi connectivity index (χ0n) is 11.6. The lowest BCUT2D eigenvalue weighted by molar-refractivity contribution is 0.269. The Morgan fingerprint density at radius 3 is 2.67 bits per heavy atom. The fourth-order valence-corrected chi connectivity index (χ4v) is 2.34. The molecule has 1 N–H and O–H groups in total. The van der Waals surface area contributed by atoms with Crippen molar-refractivity contribution >= 4 is 23.2 Å². The lowest BCUT2D eigenvalue weighted by Gasteiger charge is -2.18. The molecule has 0 aliphatic rings. The van der Waals surface area contributed by atoms with Crippen LogP contribution in [0.15, 0.2) is 42.5 Å². The van der Waals surface area contributed by atoms with Crippen molar-refractivity contribution in [1.82, 2.24) is 5.32 Å². The fraction of sp³-hybridized carbons (Fsp3) is 0.250. The lowest BCUT2D eigenvalue weighted by Crippen LogP contribution is -2.34. The number of benzene rings is 2. The molecule has 0 spiro atoms. The van der Waals surface area contributed by atoms with Gasteiger partial charge in [0.15, 0.2) is 0 Å². The molecule has 1 unspecified atom stereocenters. The fourth-order valence-electron chi connectivity index (χ4n) is 1.97. The van der Waals surface area contributed by atoms with E-state index in [0.29, 0.717) is 29.4 Å². The van der Waals surface area contributed by atoms with Gasteiger partial charge < -0.3 is 10.1 Å². The zero-order chi connectivity index (χ0) is 15.2. The molecular weight excluding hydrogens is 312 g/mol. The van der Waals surface area contributed by atoms with Gasteiger partial charge in [0, 0.05) is 11.1 Å². The second kappa shape index (κ2) is 7.64. The topological polar surface area (TPSA) is 21.3 Å². The number of likely N-dealkylation sites (N-methyl/N-ethyl adjacent to an activating group) is 1. The molecule has 21 heavy (non-hydrogen) atoms. The van der Waals surface area contributed by atoms with Crippen molar-refractivity contribution in [3.63, 3.8) is 0 Å². The van der Waals surface area contributed by atoms with Crippen molar-refractivity contribution in [3.05, 3.63) is 63.9 Å². The molecule has 0 heterocycles. The molecule has 1 atom stereocenters. The summed E-state index contributed by atoms with van der Waals surface area (Å²) in [6.45, 7) is 0.406. The molecule has 2 nitrogen and oxygen atoms in total. The van der Waals surface area contributed by atoms with Crippen LogP contribution in [-0.2, 0) is 6.42 Å². The minimum absolute atomic E-state index is 0.0306. The van der Waals surface area contributed by atoms with Gasteiger partial charge in [-0.15, -0.1) is 0 Å². The Balaban J connectivity index is 1.99. The number of hydrogen-bond donors (Lipinski definition) is 1. The van der Waals surface area contributed by atoms with E-state index in [1.807, 2.05) is 19.2 Å². The van der Waals surface area contributed by atoms with E-state index in [1.54, 1.807) is 24.3 Å². The predicted molar refractivity (Wildman–Crippen MR) is 84.9 cm³/mol. The second-order valence-corrected chi connectivity index (χ2v) is 5.51. The number of rotatable bonds is 6. The summed E-state index contributed by atoms with van der Waals surface area (Å²) in [7, 11) is 1.81. The Hall–Kier alpha value is -1.29. The Morgan fingerprint density at radius 2 is 1.95 bits per heavy atom. The van der Waals surface area contributed by atoms with E-state index in [1.165, 1.54) is 6.07 Å². The van der Waals surface area contributed by atoms with Gasteiger partial charge in [0.25, 0.3) is 0 Å². The highest BCUT2D eigenvalue weighted by Gasteiger charge is 2.13. The van der Waals surface area contributed by atoms with Crippen molar-refractivity contribution in [3.8, 4) is 5.75 Å². The van der Waals surface area contributed by atoms with Gasteiger partial charge in [0.1, 0.15) is 18.2 Å². The largest absolute Gasteiger partial charge is 0.492 e. The van der Waals surface area contributed by atoms with Crippen LogP contribution in [-0.4, -0.2) is 19.7 Å². The van der Waals surface area contributed by atoms with Crippen LogP contribution in [0.2, 0.25) is 10.0 Å². The van der Waals surface area contributed by atoms with E-state index >= 15 is 0 Å². The smallest absolute Gasteiger partial charge is 0.145 e. The molecule has 0 fully saturated rings. The molecule has 2 rings (SSSR count). The highest BCUT2D eigenvalue weighted by atomic mass is 35.5. The second-order valence-electron chi connectivity index (χ2n) is 4.67. The van der Waals surface area contributed by atoms with Gasteiger partial charge in [0.05, 0.1) is 5.02 Å². The Labute approximate surface area is 133 Å². The van der Waals surface area contributed by atoms with Crippen molar-refractivity contribution < 1.29 is 9.13 Å². The van der Waals surface area contributed by atoms with Crippen molar-refractivity contribution in [2.75, 3.05) is 13.7 Å². The Morgan fingerprint density at radius 1 is 1.19 bits per heavy atom. The molecule has 0 radical (unpaired) electrons. The van der Waals surface area contributed by atoms with Crippen LogP contribution in [0.3, 0.4) is 0 Å². The molecule has 0 saturated carbocycles. The van der Waals surface area contributed by atoms with Gasteiger partial charge in [-0.2, -0.15) is 0 Å². The summed E-state index contributed by atoms with van der Waals surface area (Å²) in [5.74, 6) is 0.316. The van der Waals surface area contributed by atoms with Crippen LogP contribution in [0.4, 0.5) is 4.39 Å². The van der Waals surface area contributed by atoms with Gasteiger partial charge in [-0.3, -0.25) is 0 Å². The lowest BCUT2D eigenvalue weighted by atomic mass is 10.1. The maximum absolute atomic E-state index is 13.9. The Bertz CT molecular complexity index is 607. The molecule has 0 aromatic heterocycles. The number of halogens is 3. The van der Waals surface area contributed by atoms with Crippen LogP contribution in [0.1, 0.15) is 5.56 Å². The third kappa shape index (κ3) is 4.60. The molecular formula is C16H16Cl2FNO. The first-order valence-corrected chi connectivity index (χ1v) is 7.34. The molecule has 0 aliphatic carbocycles. The quantitative estimate of drug-likeness (QED) is 0.852.